The van der Waals surface area contributed by atoms with E-state index in [0.29, 0.717) is 11.3 Å². The zero-order valence-corrected chi connectivity index (χ0v) is 11.7. The van der Waals surface area contributed by atoms with Crippen molar-refractivity contribution in [1.29, 1.82) is 0 Å². The Balaban J connectivity index is 2.18. The number of carbonyl (C=O) groups excluding carboxylic acids is 1. The third-order valence-electron chi connectivity index (χ3n) is 3.04. The lowest BCUT2D eigenvalue weighted by molar-refractivity contribution is 0.0145. The summed E-state index contributed by atoms with van der Waals surface area (Å²) in [6.07, 6.45) is 5.10. The summed E-state index contributed by atoms with van der Waals surface area (Å²) in [7, 11) is 0. The van der Waals surface area contributed by atoms with Crippen LogP contribution in [0.15, 0.2) is 65.3 Å². The number of carbonyl (C=O) groups is 1. The van der Waals surface area contributed by atoms with E-state index in [1.54, 1.807) is 24.5 Å². The van der Waals surface area contributed by atoms with Crippen molar-refractivity contribution >= 4 is 5.97 Å². The molecule has 0 N–H and O–H groups in total. The number of allylic oxidation sites excluding steroid dienone is 1. The Morgan fingerprint density at radius 1 is 1.20 bits per heavy atom. The predicted molar refractivity (Wildman–Crippen MR) is 77.3 cm³/mol. The molecule has 0 bridgehead atoms. The lowest BCUT2D eigenvalue weighted by Gasteiger charge is -2.20. The molecule has 0 saturated carbocycles. The Kier molecular flexibility index (Phi) is 4.77. The first kappa shape index (κ1) is 14.1. The van der Waals surface area contributed by atoms with Gasteiger partial charge in [0.05, 0.1) is 11.8 Å². The van der Waals surface area contributed by atoms with E-state index in [4.69, 9.17) is 9.15 Å². The molecule has 20 heavy (non-hydrogen) atoms. The Bertz CT molecular complexity index is 555. The van der Waals surface area contributed by atoms with Crippen molar-refractivity contribution < 1.29 is 13.9 Å². The van der Waals surface area contributed by atoms with Crippen LogP contribution in [0.25, 0.3) is 0 Å². The highest BCUT2D eigenvalue weighted by Gasteiger charge is 2.24. The van der Waals surface area contributed by atoms with E-state index >= 15 is 0 Å². The Labute approximate surface area is 118 Å². The Hall–Kier alpha value is -2.29. The Morgan fingerprint density at radius 3 is 2.55 bits per heavy atom. The summed E-state index contributed by atoms with van der Waals surface area (Å²) in [5, 5.41) is 0. The second-order valence-corrected chi connectivity index (χ2v) is 4.59. The van der Waals surface area contributed by atoms with E-state index in [2.05, 4.69) is 0 Å². The summed E-state index contributed by atoms with van der Waals surface area (Å²) in [5.74, 6) is 0.349. The molecule has 104 valence electrons. The van der Waals surface area contributed by atoms with Gasteiger partial charge in [-0.05, 0) is 31.2 Å². The van der Waals surface area contributed by atoms with Gasteiger partial charge in [0.25, 0.3) is 0 Å². The average Bonchev–Trinajstić information content (AvgIpc) is 2.99. The third kappa shape index (κ3) is 3.38. The SMILES string of the molecule is C/C=C/[C@H](C)[C@@H](OC(=O)c1ccccc1)c1ccco1. The average molecular weight is 270 g/mol. The fourth-order valence-corrected chi connectivity index (χ4v) is 2.04. The van der Waals surface area contributed by atoms with Crippen molar-refractivity contribution in [2.24, 2.45) is 5.92 Å². The molecule has 2 atom stereocenters. The van der Waals surface area contributed by atoms with Crippen LogP contribution >= 0.6 is 0 Å². The summed E-state index contributed by atoms with van der Waals surface area (Å²) in [6.45, 7) is 3.93. The number of hydrogen-bond donors (Lipinski definition) is 0. The molecule has 3 heteroatoms. The van der Waals surface area contributed by atoms with Gasteiger partial charge in [-0.25, -0.2) is 4.79 Å². The lowest BCUT2D eigenvalue weighted by Crippen LogP contribution is -2.16. The molecule has 3 nitrogen and oxygen atoms in total. The number of furan rings is 1. The largest absolute Gasteiger partial charge is 0.465 e. The molecule has 0 aliphatic carbocycles. The van der Waals surface area contributed by atoms with E-state index in [9.17, 15) is 4.79 Å². The van der Waals surface area contributed by atoms with Gasteiger partial charge in [0, 0.05) is 5.92 Å². The first-order chi connectivity index (χ1) is 9.72. The zero-order valence-electron chi connectivity index (χ0n) is 11.7. The van der Waals surface area contributed by atoms with Crippen molar-refractivity contribution in [2.75, 3.05) is 0 Å². The van der Waals surface area contributed by atoms with Gasteiger partial charge in [0.2, 0.25) is 0 Å². The highest BCUT2D eigenvalue weighted by Crippen LogP contribution is 2.28. The van der Waals surface area contributed by atoms with Crippen molar-refractivity contribution in [2.45, 2.75) is 20.0 Å². The molecule has 1 aromatic heterocycles. The van der Waals surface area contributed by atoms with Gasteiger partial charge in [-0.15, -0.1) is 0 Å². The number of benzene rings is 1. The van der Waals surface area contributed by atoms with Crippen LogP contribution in [0.4, 0.5) is 0 Å². The first-order valence-corrected chi connectivity index (χ1v) is 6.64. The molecule has 2 rings (SSSR count). The monoisotopic (exact) mass is 270 g/mol. The van der Waals surface area contributed by atoms with E-state index < -0.39 is 6.10 Å². The molecular formula is C17H18O3. The number of rotatable bonds is 5. The lowest BCUT2D eigenvalue weighted by atomic mass is 10.0. The quantitative estimate of drug-likeness (QED) is 0.597. The minimum absolute atomic E-state index is 0.0406. The van der Waals surface area contributed by atoms with Crippen LogP contribution in [0.1, 0.15) is 36.1 Å². The van der Waals surface area contributed by atoms with Crippen LogP contribution < -0.4 is 0 Å². The topological polar surface area (TPSA) is 39.4 Å². The maximum Gasteiger partial charge on any atom is 0.338 e. The zero-order chi connectivity index (χ0) is 14.4. The highest BCUT2D eigenvalue weighted by molar-refractivity contribution is 5.89. The molecule has 0 unspecified atom stereocenters. The van der Waals surface area contributed by atoms with Crippen LogP contribution in [-0.4, -0.2) is 5.97 Å². The van der Waals surface area contributed by atoms with E-state index in [0.717, 1.165) is 0 Å². The van der Waals surface area contributed by atoms with Gasteiger partial charge in [-0.3, -0.25) is 0 Å². The summed E-state index contributed by atoms with van der Waals surface area (Å²) in [4.78, 5) is 12.2. The summed E-state index contributed by atoms with van der Waals surface area (Å²) in [5.41, 5.74) is 0.539. The van der Waals surface area contributed by atoms with Gasteiger partial charge in [0.15, 0.2) is 6.10 Å². The van der Waals surface area contributed by atoms with Crippen LogP contribution in [0.3, 0.4) is 0 Å². The predicted octanol–water partition coefficient (Wildman–Crippen LogP) is 4.39. The molecule has 0 fully saturated rings. The van der Waals surface area contributed by atoms with E-state index in [-0.39, 0.29) is 11.9 Å². The van der Waals surface area contributed by atoms with Crippen LogP contribution in [-0.2, 0) is 4.74 Å². The fourth-order valence-electron chi connectivity index (χ4n) is 2.04. The van der Waals surface area contributed by atoms with Crippen molar-refractivity contribution in [3.63, 3.8) is 0 Å². The minimum Gasteiger partial charge on any atom is -0.465 e. The molecule has 0 aliphatic heterocycles. The van der Waals surface area contributed by atoms with E-state index in [1.807, 2.05) is 50.3 Å². The minimum atomic E-state index is -0.422. The van der Waals surface area contributed by atoms with Gasteiger partial charge in [-0.2, -0.15) is 0 Å². The smallest absolute Gasteiger partial charge is 0.338 e. The molecular weight excluding hydrogens is 252 g/mol. The summed E-state index contributed by atoms with van der Waals surface area (Å²) < 4.78 is 11.0. The summed E-state index contributed by atoms with van der Waals surface area (Å²) in [6, 6.07) is 12.6. The standard InChI is InChI=1S/C17H18O3/c1-3-8-13(2)16(15-11-7-12-19-15)20-17(18)14-9-5-4-6-10-14/h3-13,16H,1-2H3/b8-3+/t13-,16+/m0/s1. The molecule has 0 radical (unpaired) electrons. The fraction of sp³-hybridized carbons (Fsp3) is 0.235. The number of esters is 1. The van der Waals surface area contributed by atoms with Gasteiger partial charge < -0.3 is 9.15 Å². The second-order valence-electron chi connectivity index (χ2n) is 4.59. The normalized spacial score (nSPS) is 14.1. The van der Waals surface area contributed by atoms with Crippen molar-refractivity contribution in [1.82, 2.24) is 0 Å². The number of ether oxygens (including phenoxy) is 1. The molecule has 0 amide bonds. The van der Waals surface area contributed by atoms with E-state index in [1.165, 1.54) is 0 Å². The second kappa shape index (κ2) is 6.75. The summed E-state index contributed by atoms with van der Waals surface area (Å²) >= 11 is 0. The van der Waals surface area contributed by atoms with Crippen molar-refractivity contribution in [3.05, 3.63) is 72.2 Å². The van der Waals surface area contributed by atoms with Gasteiger partial charge in [0.1, 0.15) is 5.76 Å². The molecule has 2 aromatic rings. The molecule has 0 saturated heterocycles. The van der Waals surface area contributed by atoms with Gasteiger partial charge >= 0.3 is 5.97 Å². The Morgan fingerprint density at radius 2 is 1.95 bits per heavy atom. The molecule has 0 spiro atoms. The van der Waals surface area contributed by atoms with Crippen LogP contribution in [0, 0.1) is 5.92 Å². The number of hydrogen-bond acceptors (Lipinski definition) is 3. The third-order valence-corrected chi connectivity index (χ3v) is 3.04. The van der Waals surface area contributed by atoms with Crippen molar-refractivity contribution in [3.8, 4) is 0 Å². The molecule has 1 heterocycles. The molecule has 1 aromatic carbocycles. The maximum atomic E-state index is 12.2. The molecule has 0 aliphatic rings. The first-order valence-electron chi connectivity index (χ1n) is 6.64. The van der Waals surface area contributed by atoms with Crippen LogP contribution in [0.2, 0.25) is 0 Å². The van der Waals surface area contributed by atoms with Gasteiger partial charge in [-0.1, -0.05) is 37.3 Å². The van der Waals surface area contributed by atoms with Crippen LogP contribution in [0.5, 0.6) is 0 Å². The highest BCUT2D eigenvalue weighted by atomic mass is 16.6. The maximum absolute atomic E-state index is 12.2.